The van der Waals surface area contributed by atoms with Gasteiger partial charge in [-0.05, 0) is 100 Å². The minimum atomic E-state index is -0.328. The Labute approximate surface area is 393 Å². The van der Waals surface area contributed by atoms with Gasteiger partial charge in [-0.15, -0.1) is 90.7 Å². The zero-order valence-corrected chi connectivity index (χ0v) is 41.5. The van der Waals surface area contributed by atoms with Crippen LogP contribution in [0.2, 0.25) is 10.0 Å². The fraction of sp³-hybridized carbons (Fsp3) is 0.125. The second-order valence-electron chi connectivity index (χ2n) is 14.3. The molecule has 11 aromatic rings. The topological polar surface area (TPSA) is 39.1 Å². The van der Waals surface area contributed by atoms with Gasteiger partial charge in [0.1, 0.15) is 0 Å². The van der Waals surface area contributed by atoms with E-state index in [4.69, 9.17) is 23.2 Å². The number of hydrogen-bond acceptors (Lipinski definition) is 10. The standard InChI is InChI=1S/C46H27Cl2NO2S8.C2H6/c1-20-10-12-31(52-20)38-25-15-33(35-18-29(47)23(4)55-35)56-40(25)39(32-13-11-21(2)53-32)26-16-34(57-41(26)38)36-19-30(48)44(58-36)37-17-28-43(59-37)42-27(14-22(3)54-42)45(50)49(46(28)51)24-8-6-5-7-9-24;1-2/h5-19H,1-4H3;1-2H3. The Bertz CT molecular complexity index is 3520. The SMILES string of the molecule is CC.Cc1ccc(-c2c3cc(-c4cc(Cl)c(-c5cc6c(=O)n(-c7ccccc7)c(=O)c7cc(C)sc7c6s5)s4)sc3c(-c3ccc(C)s3)c3cc(-c4cc(Cl)c(C)s4)sc23)s1. The lowest BCUT2D eigenvalue weighted by Crippen LogP contribution is -2.28. The average molecular weight is 983 g/mol. The fourth-order valence-electron chi connectivity index (χ4n) is 7.70. The van der Waals surface area contributed by atoms with Crippen LogP contribution in [0, 0.1) is 27.7 Å². The van der Waals surface area contributed by atoms with Gasteiger partial charge in [0, 0.05) is 84.9 Å². The van der Waals surface area contributed by atoms with Gasteiger partial charge in [-0.1, -0.05) is 55.2 Å². The van der Waals surface area contributed by atoms with Gasteiger partial charge in [0.15, 0.2) is 0 Å². The molecular weight excluding hydrogens is 950 g/mol. The van der Waals surface area contributed by atoms with Crippen LogP contribution in [-0.4, -0.2) is 4.57 Å². The van der Waals surface area contributed by atoms with Gasteiger partial charge in [-0.3, -0.25) is 9.59 Å². The number of para-hydroxylation sites is 1. The Kier molecular flexibility index (Phi) is 10.9. The molecule has 2 aromatic carbocycles. The molecule has 0 aliphatic rings. The van der Waals surface area contributed by atoms with E-state index in [-0.39, 0.29) is 11.1 Å². The third-order valence-electron chi connectivity index (χ3n) is 10.4. The summed E-state index contributed by atoms with van der Waals surface area (Å²) in [6, 6.07) is 30.9. The summed E-state index contributed by atoms with van der Waals surface area (Å²) in [5.41, 5.74) is 2.46. The van der Waals surface area contributed by atoms with E-state index in [1.54, 1.807) is 46.1 Å². The largest absolute Gasteiger partial charge is 0.268 e. The third-order valence-corrected chi connectivity index (χ3v) is 20.7. The number of halogens is 2. The molecule has 0 aliphatic carbocycles. The van der Waals surface area contributed by atoms with Crippen LogP contribution in [-0.2, 0) is 0 Å². The third kappa shape index (κ3) is 6.97. The molecule has 61 heavy (non-hydrogen) atoms. The van der Waals surface area contributed by atoms with Crippen molar-refractivity contribution in [1.82, 2.24) is 4.57 Å². The zero-order valence-electron chi connectivity index (χ0n) is 33.4. The van der Waals surface area contributed by atoms with Crippen molar-refractivity contribution in [3.8, 4) is 55.8 Å². The Morgan fingerprint density at radius 3 is 1.46 bits per heavy atom. The van der Waals surface area contributed by atoms with Crippen molar-refractivity contribution >= 4 is 154 Å². The van der Waals surface area contributed by atoms with E-state index in [1.165, 1.54) is 76.5 Å². The van der Waals surface area contributed by atoms with Crippen LogP contribution in [0.5, 0.6) is 0 Å². The van der Waals surface area contributed by atoms with E-state index in [0.29, 0.717) is 21.5 Å². The van der Waals surface area contributed by atoms with Gasteiger partial charge in [0.05, 0.1) is 40.8 Å². The molecule has 0 spiro atoms. The first-order valence-electron chi connectivity index (χ1n) is 19.4. The fourth-order valence-corrected chi connectivity index (χ4v) is 17.4. The predicted molar refractivity (Wildman–Crippen MR) is 279 cm³/mol. The molecular formula is C48H33Cl2NO2S8. The minimum absolute atomic E-state index is 0.303. The first-order chi connectivity index (χ1) is 29.5. The van der Waals surface area contributed by atoms with Crippen molar-refractivity contribution in [1.29, 1.82) is 0 Å². The molecule has 0 bridgehead atoms. The first-order valence-corrected chi connectivity index (χ1v) is 26.7. The number of fused-ring (bicyclic) bond motifs is 5. The molecule has 304 valence electrons. The number of benzene rings is 2. The molecule has 9 heterocycles. The van der Waals surface area contributed by atoms with E-state index in [2.05, 4.69) is 69.3 Å². The maximum atomic E-state index is 14.3. The lowest BCUT2D eigenvalue weighted by Gasteiger charge is -2.09. The van der Waals surface area contributed by atoms with Gasteiger partial charge >= 0.3 is 0 Å². The monoisotopic (exact) mass is 981 g/mol. The van der Waals surface area contributed by atoms with Crippen molar-refractivity contribution in [2.75, 3.05) is 0 Å². The molecule has 11 rings (SSSR count). The Morgan fingerprint density at radius 2 is 0.918 bits per heavy atom. The van der Waals surface area contributed by atoms with Crippen LogP contribution >= 0.6 is 114 Å². The molecule has 0 unspecified atom stereocenters. The molecule has 0 atom stereocenters. The lowest BCUT2D eigenvalue weighted by atomic mass is 9.99. The molecule has 3 nitrogen and oxygen atoms in total. The summed E-state index contributed by atoms with van der Waals surface area (Å²) >= 11 is 27.6. The van der Waals surface area contributed by atoms with Crippen molar-refractivity contribution in [3.63, 3.8) is 0 Å². The van der Waals surface area contributed by atoms with Crippen LogP contribution in [0.1, 0.15) is 33.4 Å². The quantitative estimate of drug-likeness (QED) is 0.167. The summed E-state index contributed by atoms with van der Waals surface area (Å²) in [7, 11) is 0. The second-order valence-corrected chi connectivity index (χ2v) is 24.4. The average Bonchev–Trinajstić information content (AvgIpc) is 4.11. The van der Waals surface area contributed by atoms with Gasteiger partial charge in [0.2, 0.25) is 0 Å². The number of aromatic nitrogens is 1. The summed E-state index contributed by atoms with van der Waals surface area (Å²) in [6.07, 6.45) is 0. The molecule has 0 amide bonds. The highest BCUT2D eigenvalue weighted by atomic mass is 35.5. The summed E-state index contributed by atoms with van der Waals surface area (Å²) < 4.78 is 5.49. The Hall–Kier alpha value is -3.72. The minimum Gasteiger partial charge on any atom is -0.268 e. The van der Waals surface area contributed by atoms with Gasteiger partial charge in [-0.2, -0.15) is 0 Å². The smallest absolute Gasteiger partial charge is 0.266 e. The molecule has 0 saturated heterocycles. The molecule has 0 saturated carbocycles. The van der Waals surface area contributed by atoms with Crippen LogP contribution in [0.25, 0.3) is 96.2 Å². The summed E-state index contributed by atoms with van der Waals surface area (Å²) in [5, 5.41) is 5.02. The highest BCUT2D eigenvalue weighted by Gasteiger charge is 2.26. The molecule has 0 fully saturated rings. The zero-order chi connectivity index (χ0) is 42.4. The normalized spacial score (nSPS) is 11.7. The first kappa shape index (κ1) is 41.3. The van der Waals surface area contributed by atoms with Crippen LogP contribution < -0.4 is 11.1 Å². The van der Waals surface area contributed by atoms with E-state index < -0.39 is 0 Å². The molecule has 0 aliphatic heterocycles. The number of aryl methyl sites for hydroxylation is 4. The van der Waals surface area contributed by atoms with Gasteiger partial charge in [-0.25, -0.2) is 4.57 Å². The second kappa shape index (κ2) is 16.1. The Balaban J connectivity index is 0.00000220. The van der Waals surface area contributed by atoms with E-state index in [0.717, 1.165) is 43.7 Å². The maximum Gasteiger partial charge on any atom is 0.266 e. The summed E-state index contributed by atoms with van der Waals surface area (Å²) in [5.74, 6) is 0. The number of rotatable bonds is 6. The van der Waals surface area contributed by atoms with Crippen LogP contribution in [0.4, 0.5) is 0 Å². The van der Waals surface area contributed by atoms with Gasteiger partial charge < -0.3 is 0 Å². The van der Waals surface area contributed by atoms with Crippen molar-refractivity contribution in [3.05, 3.63) is 141 Å². The van der Waals surface area contributed by atoms with E-state index >= 15 is 0 Å². The summed E-state index contributed by atoms with van der Waals surface area (Å²) in [4.78, 5) is 42.0. The maximum absolute atomic E-state index is 14.3. The number of hydrogen-bond donors (Lipinski definition) is 0. The highest BCUT2D eigenvalue weighted by molar-refractivity contribution is 7.33. The van der Waals surface area contributed by atoms with Crippen LogP contribution in [0.15, 0.2) is 101 Å². The molecule has 9 aromatic heterocycles. The lowest BCUT2D eigenvalue weighted by molar-refractivity contribution is 0.976. The van der Waals surface area contributed by atoms with E-state index in [1.807, 2.05) is 96.5 Å². The summed E-state index contributed by atoms with van der Waals surface area (Å²) in [6.45, 7) is 12.4. The number of thiophene rings is 8. The van der Waals surface area contributed by atoms with Gasteiger partial charge in [0.25, 0.3) is 11.1 Å². The number of nitrogens with zero attached hydrogens (tertiary/aromatic N) is 1. The predicted octanol–water partition coefficient (Wildman–Crippen LogP) is 18.2. The van der Waals surface area contributed by atoms with Crippen molar-refractivity contribution < 1.29 is 0 Å². The van der Waals surface area contributed by atoms with Crippen LogP contribution in [0.3, 0.4) is 0 Å². The van der Waals surface area contributed by atoms with Crippen molar-refractivity contribution in [2.45, 2.75) is 41.5 Å². The van der Waals surface area contributed by atoms with E-state index in [9.17, 15) is 9.59 Å². The Morgan fingerprint density at radius 1 is 0.426 bits per heavy atom. The highest BCUT2D eigenvalue weighted by Crippen LogP contribution is 2.56. The molecule has 13 heteroatoms. The van der Waals surface area contributed by atoms with Crippen molar-refractivity contribution in [2.24, 2.45) is 0 Å². The molecule has 0 N–H and O–H groups in total. The molecule has 0 radical (unpaired) electrons.